The van der Waals surface area contributed by atoms with Crippen LogP contribution in [0.1, 0.15) is 24.2 Å². The third-order valence-electron chi connectivity index (χ3n) is 3.50. The van der Waals surface area contributed by atoms with Gasteiger partial charge in [0.25, 0.3) is 11.8 Å². The molecular formula is C15H21N7O2. The van der Waals surface area contributed by atoms with Gasteiger partial charge in [0.15, 0.2) is 0 Å². The topological polar surface area (TPSA) is 105 Å². The van der Waals surface area contributed by atoms with E-state index in [4.69, 9.17) is 0 Å². The number of nitrogens with one attached hydrogen (secondary N) is 2. The van der Waals surface area contributed by atoms with E-state index < -0.39 is 5.91 Å². The molecular weight excluding hydrogens is 310 g/mol. The van der Waals surface area contributed by atoms with Gasteiger partial charge in [-0.05, 0) is 54.7 Å². The number of rotatable bonds is 5. The number of carbonyl (C=O) groups excluding carboxylic acids is 2. The summed E-state index contributed by atoms with van der Waals surface area (Å²) in [6.45, 7) is 3.90. The summed E-state index contributed by atoms with van der Waals surface area (Å²) in [5, 5.41) is 10.9. The minimum atomic E-state index is -0.395. The van der Waals surface area contributed by atoms with Crippen LogP contribution < -0.4 is 10.9 Å². The van der Waals surface area contributed by atoms with E-state index in [0.717, 1.165) is 5.69 Å². The van der Waals surface area contributed by atoms with Gasteiger partial charge in [-0.2, -0.15) is 0 Å². The molecule has 0 saturated heterocycles. The van der Waals surface area contributed by atoms with E-state index in [9.17, 15) is 9.59 Å². The molecule has 0 bridgehead atoms. The molecule has 9 heteroatoms. The molecule has 9 nitrogen and oxygen atoms in total. The summed E-state index contributed by atoms with van der Waals surface area (Å²) in [7, 11) is 3.65. The molecule has 0 unspecified atom stereocenters. The lowest BCUT2D eigenvalue weighted by Crippen LogP contribution is -2.52. The molecule has 1 aromatic heterocycles. The Morgan fingerprint density at radius 1 is 1.12 bits per heavy atom. The summed E-state index contributed by atoms with van der Waals surface area (Å²) >= 11 is 0. The van der Waals surface area contributed by atoms with Crippen LogP contribution in [0.2, 0.25) is 0 Å². The zero-order chi connectivity index (χ0) is 17.7. The fraction of sp³-hybridized carbons (Fsp3) is 0.400. The molecule has 0 aliphatic heterocycles. The first-order valence-corrected chi connectivity index (χ1v) is 7.50. The van der Waals surface area contributed by atoms with Crippen molar-refractivity contribution in [3.63, 3.8) is 0 Å². The Balaban J connectivity index is 1.96. The number of likely N-dealkylation sites (N-methyl/N-ethyl adjacent to an activating group) is 1. The molecule has 0 fully saturated rings. The minimum Gasteiger partial charge on any atom is -0.298 e. The van der Waals surface area contributed by atoms with Crippen LogP contribution in [0.5, 0.6) is 0 Å². The van der Waals surface area contributed by atoms with Gasteiger partial charge in [-0.3, -0.25) is 25.3 Å². The lowest BCUT2D eigenvalue weighted by atomic mass is 10.0. The summed E-state index contributed by atoms with van der Waals surface area (Å²) in [5.41, 5.74) is 6.04. The van der Waals surface area contributed by atoms with Crippen molar-refractivity contribution in [2.75, 3.05) is 14.1 Å². The zero-order valence-electron chi connectivity index (χ0n) is 14.1. The van der Waals surface area contributed by atoms with Crippen LogP contribution in [0, 0.1) is 5.92 Å². The van der Waals surface area contributed by atoms with Crippen molar-refractivity contribution in [1.82, 2.24) is 36.0 Å². The lowest BCUT2D eigenvalue weighted by Gasteiger charge is -2.26. The first-order chi connectivity index (χ1) is 11.4. The summed E-state index contributed by atoms with van der Waals surface area (Å²) in [5.74, 6) is -0.533. The van der Waals surface area contributed by atoms with Gasteiger partial charge in [0.1, 0.15) is 6.33 Å². The quantitative estimate of drug-likeness (QED) is 0.748. The maximum absolute atomic E-state index is 12.2. The number of benzene rings is 1. The van der Waals surface area contributed by atoms with Gasteiger partial charge in [-0.25, -0.2) is 4.68 Å². The number of hydrogen-bond donors (Lipinski definition) is 2. The number of hydrogen-bond acceptors (Lipinski definition) is 6. The van der Waals surface area contributed by atoms with E-state index in [-0.39, 0.29) is 17.9 Å². The van der Waals surface area contributed by atoms with Crippen LogP contribution in [0.25, 0.3) is 5.69 Å². The van der Waals surface area contributed by atoms with Crippen LogP contribution in [0.4, 0.5) is 0 Å². The highest BCUT2D eigenvalue weighted by molar-refractivity contribution is 5.96. The molecule has 1 aromatic carbocycles. The fourth-order valence-electron chi connectivity index (χ4n) is 2.44. The molecule has 2 rings (SSSR count). The summed E-state index contributed by atoms with van der Waals surface area (Å²) in [6, 6.07) is 6.36. The monoisotopic (exact) mass is 331 g/mol. The third-order valence-corrected chi connectivity index (χ3v) is 3.50. The smallest absolute Gasteiger partial charge is 0.269 e. The van der Waals surface area contributed by atoms with Gasteiger partial charge in [-0.15, -0.1) is 5.10 Å². The molecule has 0 aliphatic carbocycles. The fourth-order valence-corrected chi connectivity index (χ4v) is 2.44. The Bertz CT molecular complexity index is 672. The largest absolute Gasteiger partial charge is 0.298 e. The van der Waals surface area contributed by atoms with Gasteiger partial charge in [-0.1, -0.05) is 13.8 Å². The summed E-state index contributed by atoms with van der Waals surface area (Å²) < 4.78 is 1.48. The Morgan fingerprint density at radius 3 is 2.29 bits per heavy atom. The average molecular weight is 331 g/mol. The van der Waals surface area contributed by atoms with Crippen molar-refractivity contribution in [1.29, 1.82) is 0 Å². The Morgan fingerprint density at radius 2 is 1.79 bits per heavy atom. The van der Waals surface area contributed by atoms with Crippen molar-refractivity contribution in [3.05, 3.63) is 36.2 Å². The number of amides is 2. The molecule has 2 N–H and O–H groups in total. The standard InChI is InChI=1S/C15H21N7O2/c1-10(2)13(21(3)4)15(24)18-17-14(23)11-5-7-12(8-6-11)22-9-16-19-20-22/h5-10,13H,1-4H3,(H,17,23)(H,18,24)/t13-/m1/s1. The van der Waals surface area contributed by atoms with Crippen LogP contribution in [0.15, 0.2) is 30.6 Å². The van der Waals surface area contributed by atoms with Crippen molar-refractivity contribution < 1.29 is 9.59 Å². The second-order valence-corrected chi connectivity index (χ2v) is 5.90. The van der Waals surface area contributed by atoms with Crippen molar-refractivity contribution >= 4 is 11.8 Å². The number of tetrazole rings is 1. The van der Waals surface area contributed by atoms with Crippen molar-refractivity contribution in [2.24, 2.45) is 5.92 Å². The Hall–Kier alpha value is -2.81. The molecule has 0 saturated carbocycles. The number of nitrogens with zero attached hydrogens (tertiary/aromatic N) is 5. The summed E-state index contributed by atoms with van der Waals surface area (Å²) in [4.78, 5) is 26.1. The molecule has 2 amide bonds. The van der Waals surface area contributed by atoms with Gasteiger partial charge in [0, 0.05) is 5.56 Å². The molecule has 1 atom stereocenters. The lowest BCUT2D eigenvalue weighted by molar-refractivity contribution is -0.127. The van der Waals surface area contributed by atoms with Gasteiger partial charge in [0.2, 0.25) is 0 Å². The first kappa shape index (κ1) is 17.5. The highest BCUT2D eigenvalue weighted by Gasteiger charge is 2.24. The van der Waals surface area contributed by atoms with E-state index in [1.807, 2.05) is 32.8 Å². The molecule has 0 radical (unpaired) electrons. The molecule has 2 aromatic rings. The van der Waals surface area contributed by atoms with Crippen LogP contribution >= 0.6 is 0 Å². The van der Waals surface area contributed by atoms with Gasteiger partial charge < -0.3 is 0 Å². The highest BCUT2D eigenvalue weighted by atomic mass is 16.2. The average Bonchev–Trinajstić information content (AvgIpc) is 3.06. The number of carbonyl (C=O) groups is 2. The minimum absolute atomic E-state index is 0.118. The van der Waals surface area contributed by atoms with E-state index in [1.54, 1.807) is 24.3 Å². The second-order valence-electron chi connectivity index (χ2n) is 5.90. The Kier molecular flexibility index (Phi) is 5.59. The molecule has 24 heavy (non-hydrogen) atoms. The normalized spacial score (nSPS) is 12.2. The maximum atomic E-state index is 12.2. The molecule has 0 spiro atoms. The van der Waals surface area contributed by atoms with E-state index >= 15 is 0 Å². The maximum Gasteiger partial charge on any atom is 0.269 e. The van der Waals surface area contributed by atoms with Crippen molar-refractivity contribution in [2.45, 2.75) is 19.9 Å². The van der Waals surface area contributed by atoms with Crippen molar-refractivity contribution in [3.8, 4) is 5.69 Å². The second kappa shape index (κ2) is 7.64. The van der Waals surface area contributed by atoms with Crippen LogP contribution in [0.3, 0.4) is 0 Å². The SMILES string of the molecule is CC(C)[C@H](C(=O)NNC(=O)c1ccc(-n2cnnn2)cc1)N(C)C. The zero-order valence-corrected chi connectivity index (χ0v) is 14.1. The molecule has 128 valence electrons. The third kappa shape index (κ3) is 4.13. The molecule has 0 aliphatic rings. The Labute approximate surface area is 140 Å². The van der Waals surface area contributed by atoms with Crippen LogP contribution in [-0.2, 0) is 4.79 Å². The van der Waals surface area contributed by atoms with Gasteiger partial charge >= 0.3 is 0 Å². The first-order valence-electron chi connectivity index (χ1n) is 7.50. The molecule has 1 heterocycles. The number of hydrazine groups is 1. The predicted octanol–water partition coefficient (Wildman–Crippen LogP) is 0.00950. The number of aromatic nitrogens is 4. The van der Waals surface area contributed by atoms with E-state index in [0.29, 0.717) is 5.56 Å². The van der Waals surface area contributed by atoms with E-state index in [1.165, 1.54) is 11.0 Å². The summed E-state index contributed by atoms with van der Waals surface area (Å²) in [6.07, 6.45) is 1.46. The van der Waals surface area contributed by atoms with Crippen LogP contribution in [-0.4, -0.2) is 57.1 Å². The van der Waals surface area contributed by atoms with Gasteiger partial charge in [0.05, 0.1) is 11.7 Å². The highest BCUT2D eigenvalue weighted by Crippen LogP contribution is 2.08. The van der Waals surface area contributed by atoms with E-state index in [2.05, 4.69) is 26.4 Å². The predicted molar refractivity (Wildman–Crippen MR) is 87.1 cm³/mol.